The van der Waals surface area contributed by atoms with Crippen molar-refractivity contribution in [2.75, 3.05) is 7.11 Å². The molecule has 0 saturated heterocycles. The highest BCUT2D eigenvalue weighted by Crippen LogP contribution is 2.41. The first-order valence-electron chi connectivity index (χ1n) is 10.1. The predicted octanol–water partition coefficient (Wildman–Crippen LogP) is 5.14. The molecule has 2 heterocycles. The highest BCUT2D eigenvalue weighted by atomic mass is 31.2. The summed E-state index contributed by atoms with van der Waals surface area (Å²) < 4.78 is 25.7. The van der Waals surface area contributed by atoms with Gasteiger partial charge in [0.25, 0.3) is 0 Å². The molecule has 0 saturated carbocycles. The molecular formula is C25H21N2O4P. The molecule has 0 fully saturated rings. The fourth-order valence-electron chi connectivity index (χ4n) is 3.84. The number of hydrogen-bond acceptors (Lipinski definition) is 4. The van der Waals surface area contributed by atoms with E-state index in [1.54, 1.807) is 49.7 Å². The highest BCUT2D eigenvalue weighted by Gasteiger charge is 2.24. The van der Waals surface area contributed by atoms with Gasteiger partial charge in [-0.15, -0.1) is 0 Å². The first-order chi connectivity index (χ1) is 15.5. The number of nitrogens with zero attached hydrogens (tertiary/aromatic N) is 2. The maximum Gasteiger partial charge on any atom is 0.408 e. The lowest BCUT2D eigenvalue weighted by atomic mass is 10.2. The van der Waals surface area contributed by atoms with Gasteiger partial charge in [0.05, 0.1) is 29.0 Å². The maximum atomic E-state index is 12.7. The van der Waals surface area contributed by atoms with Gasteiger partial charge in [-0.05, 0) is 60.2 Å². The van der Waals surface area contributed by atoms with Crippen molar-refractivity contribution < 1.29 is 18.7 Å². The predicted molar refractivity (Wildman–Crippen MR) is 126 cm³/mol. The SMILES string of the molecule is COc1ccc2c(c1)c1ncccc1n2Cc1ccc(P(=O)(O)Oc2ccccc2)cc1. The third-order valence-corrected chi connectivity index (χ3v) is 6.81. The van der Waals surface area contributed by atoms with Gasteiger partial charge in [-0.2, -0.15) is 0 Å². The Labute approximate surface area is 185 Å². The zero-order chi connectivity index (χ0) is 22.1. The van der Waals surface area contributed by atoms with Crippen molar-refractivity contribution in [2.45, 2.75) is 6.54 Å². The minimum atomic E-state index is -3.98. The van der Waals surface area contributed by atoms with E-state index in [9.17, 15) is 9.46 Å². The first-order valence-corrected chi connectivity index (χ1v) is 11.7. The molecule has 0 aliphatic carbocycles. The van der Waals surface area contributed by atoms with Crippen molar-refractivity contribution >= 4 is 34.8 Å². The fraction of sp³-hybridized carbons (Fsp3) is 0.0800. The topological polar surface area (TPSA) is 73.6 Å². The normalized spacial score (nSPS) is 13.2. The smallest absolute Gasteiger partial charge is 0.408 e. The van der Waals surface area contributed by atoms with Crippen molar-refractivity contribution in [1.82, 2.24) is 9.55 Å². The lowest BCUT2D eigenvalue weighted by Gasteiger charge is -2.14. The summed E-state index contributed by atoms with van der Waals surface area (Å²) in [5, 5.41) is 1.27. The molecule has 0 radical (unpaired) electrons. The minimum absolute atomic E-state index is 0.249. The van der Waals surface area contributed by atoms with Gasteiger partial charge >= 0.3 is 7.60 Å². The molecule has 0 bridgehead atoms. The molecule has 1 unspecified atom stereocenters. The number of hydrogen-bond donors (Lipinski definition) is 1. The van der Waals surface area contributed by atoms with Crippen LogP contribution in [0, 0.1) is 0 Å². The molecule has 0 spiro atoms. The molecule has 7 heteroatoms. The van der Waals surface area contributed by atoms with E-state index >= 15 is 0 Å². The number of methoxy groups -OCH3 is 1. The van der Waals surface area contributed by atoms with E-state index in [1.165, 1.54) is 0 Å². The van der Waals surface area contributed by atoms with E-state index in [1.807, 2.05) is 48.5 Å². The van der Waals surface area contributed by atoms with Crippen LogP contribution in [0.5, 0.6) is 11.5 Å². The van der Waals surface area contributed by atoms with Gasteiger partial charge < -0.3 is 18.7 Å². The Morgan fingerprint density at radius 3 is 2.44 bits per heavy atom. The Morgan fingerprint density at radius 2 is 1.69 bits per heavy atom. The molecule has 0 aliphatic rings. The van der Waals surface area contributed by atoms with Crippen LogP contribution >= 0.6 is 7.60 Å². The summed E-state index contributed by atoms with van der Waals surface area (Å²) in [5.74, 6) is 1.14. The summed E-state index contributed by atoms with van der Waals surface area (Å²) in [6.07, 6.45) is 1.78. The summed E-state index contributed by atoms with van der Waals surface area (Å²) >= 11 is 0. The quantitative estimate of drug-likeness (QED) is 0.367. The first kappa shape index (κ1) is 20.3. The second-order valence-electron chi connectivity index (χ2n) is 7.43. The highest BCUT2D eigenvalue weighted by molar-refractivity contribution is 7.61. The molecule has 1 atom stereocenters. The summed E-state index contributed by atoms with van der Waals surface area (Å²) in [5.41, 5.74) is 3.96. The molecule has 0 amide bonds. The van der Waals surface area contributed by atoms with Crippen LogP contribution in [0.1, 0.15) is 5.56 Å². The second-order valence-corrected chi connectivity index (χ2v) is 9.17. The number of fused-ring (bicyclic) bond motifs is 3. The van der Waals surface area contributed by atoms with E-state index in [0.29, 0.717) is 12.3 Å². The number of aromatic nitrogens is 2. The van der Waals surface area contributed by atoms with Gasteiger partial charge in [-0.1, -0.05) is 30.3 Å². The number of benzene rings is 3. The Morgan fingerprint density at radius 1 is 0.906 bits per heavy atom. The molecule has 0 aliphatic heterocycles. The molecule has 2 aromatic heterocycles. The van der Waals surface area contributed by atoms with Crippen molar-refractivity contribution in [2.24, 2.45) is 0 Å². The molecule has 5 rings (SSSR count). The van der Waals surface area contributed by atoms with E-state index < -0.39 is 7.60 Å². The van der Waals surface area contributed by atoms with Crippen LogP contribution in [0.2, 0.25) is 0 Å². The third kappa shape index (κ3) is 3.75. The number of para-hydroxylation sites is 1. The van der Waals surface area contributed by atoms with Crippen LogP contribution in [0.3, 0.4) is 0 Å². The van der Waals surface area contributed by atoms with E-state index in [4.69, 9.17) is 9.26 Å². The Hall–Kier alpha value is -3.60. The molecule has 160 valence electrons. The number of pyridine rings is 1. The Kier molecular flexibility index (Phi) is 5.17. The van der Waals surface area contributed by atoms with Gasteiger partial charge in [0.2, 0.25) is 0 Å². The van der Waals surface area contributed by atoms with Crippen molar-refractivity contribution in [3.8, 4) is 11.5 Å². The van der Waals surface area contributed by atoms with Gasteiger partial charge in [0.1, 0.15) is 11.5 Å². The van der Waals surface area contributed by atoms with Crippen LogP contribution in [-0.4, -0.2) is 21.6 Å². The third-order valence-electron chi connectivity index (χ3n) is 5.40. The monoisotopic (exact) mass is 444 g/mol. The number of rotatable bonds is 6. The van der Waals surface area contributed by atoms with Crippen LogP contribution in [0.15, 0.2) is 91.1 Å². The van der Waals surface area contributed by atoms with Gasteiger partial charge in [-0.25, -0.2) is 4.57 Å². The molecule has 3 aromatic carbocycles. The van der Waals surface area contributed by atoms with Crippen LogP contribution in [0.25, 0.3) is 21.9 Å². The second kappa shape index (κ2) is 8.15. The van der Waals surface area contributed by atoms with Crippen molar-refractivity contribution in [3.63, 3.8) is 0 Å². The zero-order valence-corrected chi connectivity index (χ0v) is 18.3. The lowest BCUT2D eigenvalue weighted by molar-refractivity contribution is 0.393. The largest absolute Gasteiger partial charge is 0.497 e. The Bertz CT molecular complexity index is 1450. The van der Waals surface area contributed by atoms with Gasteiger partial charge in [-0.3, -0.25) is 4.98 Å². The van der Waals surface area contributed by atoms with Crippen LogP contribution in [-0.2, 0) is 11.1 Å². The molecular weight excluding hydrogens is 423 g/mol. The maximum absolute atomic E-state index is 12.7. The average Bonchev–Trinajstić information content (AvgIpc) is 3.13. The van der Waals surface area contributed by atoms with Crippen molar-refractivity contribution in [1.29, 1.82) is 0 Å². The van der Waals surface area contributed by atoms with Crippen LogP contribution < -0.4 is 14.6 Å². The summed E-state index contributed by atoms with van der Waals surface area (Å²) in [4.78, 5) is 15.0. The van der Waals surface area contributed by atoms with E-state index in [2.05, 4.69) is 9.55 Å². The molecule has 6 nitrogen and oxygen atoms in total. The number of ether oxygens (including phenoxy) is 1. The lowest BCUT2D eigenvalue weighted by Crippen LogP contribution is -2.10. The Balaban J connectivity index is 1.47. The van der Waals surface area contributed by atoms with Gasteiger partial charge in [0.15, 0.2) is 0 Å². The fourth-order valence-corrected chi connectivity index (χ4v) is 4.88. The summed E-state index contributed by atoms with van der Waals surface area (Å²) in [7, 11) is -2.33. The average molecular weight is 444 g/mol. The van der Waals surface area contributed by atoms with Crippen molar-refractivity contribution in [3.05, 3.63) is 96.7 Å². The molecule has 1 N–H and O–H groups in total. The van der Waals surface area contributed by atoms with Crippen LogP contribution in [0.4, 0.5) is 0 Å². The summed E-state index contributed by atoms with van der Waals surface area (Å²) in [6, 6.07) is 25.6. The zero-order valence-electron chi connectivity index (χ0n) is 17.4. The molecule has 5 aromatic rings. The van der Waals surface area contributed by atoms with E-state index in [-0.39, 0.29) is 5.30 Å². The standard InChI is InChI=1S/C25H21N2O4P/c1-30-20-11-14-23-22(16-20)25-24(8-5-15-26-25)27(23)17-18-9-12-21(13-10-18)32(28,29)31-19-6-3-2-4-7-19/h2-16H,17H2,1H3,(H,28,29). The van der Waals surface area contributed by atoms with Gasteiger partial charge in [0, 0.05) is 18.1 Å². The van der Waals surface area contributed by atoms with E-state index in [0.717, 1.165) is 33.2 Å². The summed E-state index contributed by atoms with van der Waals surface area (Å²) in [6.45, 7) is 0.591. The molecule has 32 heavy (non-hydrogen) atoms. The minimum Gasteiger partial charge on any atom is -0.497 e.